The Kier molecular flexibility index (Phi) is 2.53. The lowest BCUT2D eigenvalue weighted by Gasteiger charge is -2.06. The van der Waals surface area contributed by atoms with Crippen LogP contribution < -0.4 is 4.18 Å². The van der Waals surface area contributed by atoms with Crippen LogP contribution in [0.15, 0.2) is 30.5 Å². The van der Waals surface area contributed by atoms with E-state index >= 15 is 0 Å². The molecule has 1 aromatic carbocycles. The van der Waals surface area contributed by atoms with Gasteiger partial charge in [-0.2, -0.15) is 8.42 Å². The largest absolute Gasteiger partial charge is 0.446 e. The number of rotatable bonds is 2. The Morgan fingerprint density at radius 3 is 2.75 bits per heavy atom. The molecular weight excluding hydrogens is 230 g/mol. The average Bonchev–Trinajstić information content (AvgIpc) is 2.21. The summed E-state index contributed by atoms with van der Waals surface area (Å²) in [4.78, 5) is 4.03. The summed E-state index contributed by atoms with van der Waals surface area (Å²) in [6.45, 7) is 1.88. The molecule has 0 radical (unpaired) electrons. The van der Waals surface area contributed by atoms with Gasteiger partial charge in [0.25, 0.3) is 0 Å². The molecule has 6 heteroatoms. The first-order chi connectivity index (χ1) is 7.47. The van der Waals surface area contributed by atoms with E-state index in [-0.39, 0.29) is 5.75 Å². The van der Waals surface area contributed by atoms with Crippen LogP contribution >= 0.6 is 0 Å². The van der Waals surface area contributed by atoms with Gasteiger partial charge >= 0.3 is 10.4 Å². The van der Waals surface area contributed by atoms with Crippen molar-refractivity contribution < 1.29 is 17.2 Å². The number of aryl methyl sites for hydroxylation is 1. The second-order valence-corrected chi connectivity index (χ2v) is 4.31. The van der Waals surface area contributed by atoms with Gasteiger partial charge in [0.2, 0.25) is 0 Å². The minimum absolute atomic E-state index is 0.0173. The molecule has 0 aliphatic carbocycles. The number of benzene rings is 1. The van der Waals surface area contributed by atoms with E-state index in [4.69, 9.17) is 4.55 Å². The monoisotopic (exact) mass is 239 g/mol. The number of aromatic nitrogens is 1. The average molecular weight is 239 g/mol. The molecule has 2 aromatic rings. The minimum atomic E-state index is -4.52. The first-order valence-corrected chi connectivity index (χ1v) is 5.85. The van der Waals surface area contributed by atoms with Crippen LogP contribution in [0, 0.1) is 6.92 Å². The van der Waals surface area contributed by atoms with Crippen LogP contribution in [0.2, 0.25) is 0 Å². The van der Waals surface area contributed by atoms with Gasteiger partial charge in [-0.05, 0) is 24.6 Å². The highest BCUT2D eigenvalue weighted by Gasteiger charge is 2.12. The zero-order valence-electron chi connectivity index (χ0n) is 8.41. The highest BCUT2D eigenvalue weighted by atomic mass is 32.3. The number of pyridine rings is 1. The quantitative estimate of drug-likeness (QED) is 0.807. The molecule has 1 aromatic heterocycles. The molecule has 1 N–H and O–H groups in total. The van der Waals surface area contributed by atoms with Crippen LogP contribution in [0.1, 0.15) is 5.56 Å². The number of fused-ring (bicyclic) bond motifs is 1. The first kappa shape index (κ1) is 10.8. The smallest absolute Gasteiger partial charge is 0.359 e. The van der Waals surface area contributed by atoms with Crippen LogP contribution in [0.5, 0.6) is 5.75 Å². The van der Waals surface area contributed by atoms with Crippen molar-refractivity contribution in [3.05, 3.63) is 36.0 Å². The fourth-order valence-electron chi connectivity index (χ4n) is 1.47. The normalized spacial score (nSPS) is 11.6. The van der Waals surface area contributed by atoms with Crippen molar-refractivity contribution in [2.45, 2.75) is 6.92 Å². The Labute approximate surface area is 92.6 Å². The Balaban J connectivity index is 2.68. The van der Waals surface area contributed by atoms with Crippen molar-refractivity contribution in [1.82, 2.24) is 4.98 Å². The van der Waals surface area contributed by atoms with Gasteiger partial charge in [-0.1, -0.05) is 12.1 Å². The molecule has 5 nitrogen and oxygen atoms in total. The summed E-state index contributed by atoms with van der Waals surface area (Å²) in [7, 11) is -4.52. The third-order valence-electron chi connectivity index (χ3n) is 2.15. The molecule has 16 heavy (non-hydrogen) atoms. The summed E-state index contributed by atoms with van der Waals surface area (Å²) in [6, 6.07) is 6.70. The molecule has 0 saturated heterocycles. The Bertz CT molecular complexity index is 636. The van der Waals surface area contributed by atoms with Crippen LogP contribution in [0.3, 0.4) is 0 Å². The fraction of sp³-hybridized carbons (Fsp3) is 0.100. The maximum absolute atomic E-state index is 10.6. The molecule has 0 amide bonds. The van der Waals surface area contributed by atoms with Crippen molar-refractivity contribution in [2.75, 3.05) is 0 Å². The summed E-state index contributed by atoms with van der Waals surface area (Å²) in [5, 5.41) is 0.781. The van der Waals surface area contributed by atoms with Crippen molar-refractivity contribution in [2.24, 2.45) is 0 Å². The number of hydrogen-bond donors (Lipinski definition) is 1. The molecule has 0 aliphatic rings. The topological polar surface area (TPSA) is 76.5 Å². The van der Waals surface area contributed by atoms with E-state index in [2.05, 4.69) is 9.17 Å². The lowest BCUT2D eigenvalue weighted by atomic mass is 10.1. The predicted octanol–water partition coefficient (Wildman–Crippen LogP) is 1.72. The SMILES string of the molecule is Cc1ccc(OS(=O)(=O)O)c2ncccc12. The molecule has 0 unspecified atom stereocenters. The van der Waals surface area contributed by atoms with Gasteiger partial charge < -0.3 is 4.18 Å². The summed E-state index contributed by atoms with van der Waals surface area (Å²) in [5.41, 5.74) is 1.35. The zero-order chi connectivity index (χ0) is 11.8. The predicted molar refractivity (Wildman–Crippen MR) is 58.7 cm³/mol. The van der Waals surface area contributed by atoms with Gasteiger partial charge in [0, 0.05) is 11.6 Å². The Hall–Kier alpha value is -1.66. The molecule has 84 valence electrons. The van der Waals surface area contributed by atoms with Crippen LogP contribution in [0.25, 0.3) is 10.9 Å². The number of hydrogen-bond acceptors (Lipinski definition) is 4. The van der Waals surface area contributed by atoms with Crippen molar-refractivity contribution >= 4 is 21.3 Å². The molecule has 0 spiro atoms. The van der Waals surface area contributed by atoms with E-state index in [1.807, 2.05) is 6.92 Å². The highest BCUT2D eigenvalue weighted by molar-refractivity contribution is 7.81. The van der Waals surface area contributed by atoms with Crippen molar-refractivity contribution in [3.8, 4) is 5.75 Å². The summed E-state index contributed by atoms with van der Waals surface area (Å²) >= 11 is 0. The molecule has 0 bridgehead atoms. The van der Waals surface area contributed by atoms with Crippen LogP contribution in [-0.2, 0) is 10.4 Å². The van der Waals surface area contributed by atoms with Crippen LogP contribution in [0.4, 0.5) is 0 Å². The molecule has 0 atom stereocenters. The molecule has 2 rings (SSSR count). The van der Waals surface area contributed by atoms with E-state index in [0.717, 1.165) is 10.9 Å². The molecule has 0 fully saturated rings. The fourth-order valence-corrected chi connectivity index (χ4v) is 1.83. The van der Waals surface area contributed by atoms with E-state index in [1.165, 1.54) is 12.3 Å². The maximum Gasteiger partial charge on any atom is 0.446 e. The van der Waals surface area contributed by atoms with Crippen molar-refractivity contribution in [3.63, 3.8) is 0 Å². The van der Waals surface area contributed by atoms with Gasteiger partial charge in [-0.3, -0.25) is 9.54 Å². The Morgan fingerprint density at radius 1 is 1.31 bits per heavy atom. The third kappa shape index (κ3) is 2.12. The van der Waals surface area contributed by atoms with E-state index < -0.39 is 10.4 Å². The van der Waals surface area contributed by atoms with Gasteiger partial charge in [0.1, 0.15) is 5.52 Å². The minimum Gasteiger partial charge on any atom is -0.359 e. The second kappa shape index (κ2) is 3.73. The maximum atomic E-state index is 10.6. The third-order valence-corrected chi connectivity index (χ3v) is 2.54. The first-order valence-electron chi connectivity index (χ1n) is 4.48. The van der Waals surface area contributed by atoms with Gasteiger partial charge in [-0.25, -0.2) is 0 Å². The lowest BCUT2D eigenvalue weighted by molar-refractivity contribution is 0.388. The van der Waals surface area contributed by atoms with Gasteiger partial charge in [0.15, 0.2) is 5.75 Å². The van der Waals surface area contributed by atoms with E-state index in [9.17, 15) is 8.42 Å². The van der Waals surface area contributed by atoms with Crippen molar-refractivity contribution in [1.29, 1.82) is 0 Å². The zero-order valence-corrected chi connectivity index (χ0v) is 9.23. The lowest BCUT2D eigenvalue weighted by Crippen LogP contribution is -2.07. The highest BCUT2D eigenvalue weighted by Crippen LogP contribution is 2.26. The summed E-state index contributed by atoms with van der Waals surface area (Å²) in [6.07, 6.45) is 1.53. The molecule has 0 saturated carbocycles. The molecule has 0 aliphatic heterocycles. The summed E-state index contributed by atoms with van der Waals surface area (Å²) < 4.78 is 34.3. The van der Waals surface area contributed by atoms with E-state index in [0.29, 0.717) is 5.52 Å². The second-order valence-electron chi connectivity index (χ2n) is 3.29. The molecule has 1 heterocycles. The Morgan fingerprint density at radius 2 is 2.06 bits per heavy atom. The van der Waals surface area contributed by atoms with E-state index in [1.54, 1.807) is 18.2 Å². The molecular formula is C10H9NO4S. The summed E-state index contributed by atoms with van der Waals surface area (Å²) in [5.74, 6) is 0.0173. The van der Waals surface area contributed by atoms with Crippen LogP contribution in [-0.4, -0.2) is 18.0 Å². The number of nitrogens with zero attached hydrogens (tertiary/aromatic N) is 1. The van der Waals surface area contributed by atoms with Gasteiger partial charge in [0.05, 0.1) is 0 Å². The standard InChI is InChI=1S/C10H9NO4S/c1-7-4-5-9(15-16(12,13)14)10-8(7)3-2-6-11-10/h2-6H,1H3,(H,12,13,14). The van der Waals surface area contributed by atoms with Gasteiger partial charge in [-0.15, -0.1) is 0 Å².